The number of anilines is 1. The minimum Gasteiger partial charge on any atom is -0.493 e. The van der Waals surface area contributed by atoms with Crippen molar-refractivity contribution in [2.24, 2.45) is 0 Å². The van der Waals surface area contributed by atoms with Crippen LogP contribution in [0.3, 0.4) is 0 Å². The number of benzene rings is 3. The van der Waals surface area contributed by atoms with Crippen LogP contribution in [0.1, 0.15) is 16.7 Å². The second-order valence-electron chi connectivity index (χ2n) is 8.23. The van der Waals surface area contributed by atoms with E-state index >= 15 is 0 Å². The van der Waals surface area contributed by atoms with E-state index < -0.39 is 5.91 Å². The number of hydrogen-bond donors (Lipinski definition) is 1. The van der Waals surface area contributed by atoms with E-state index in [1.165, 1.54) is 12.0 Å². The molecule has 0 spiro atoms. The summed E-state index contributed by atoms with van der Waals surface area (Å²) in [6, 6.07) is 16.0. The number of nitrogens with one attached hydrogen (secondary N) is 1. The van der Waals surface area contributed by atoms with Gasteiger partial charge in [0.05, 0.1) is 23.6 Å². The van der Waals surface area contributed by atoms with Crippen molar-refractivity contribution < 1.29 is 23.9 Å². The maximum absolute atomic E-state index is 12.9. The average Bonchev–Trinajstić information content (AvgIpc) is 3.13. The number of amides is 3. The number of halogens is 3. The van der Waals surface area contributed by atoms with E-state index in [0.29, 0.717) is 16.3 Å². The van der Waals surface area contributed by atoms with Gasteiger partial charge < -0.3 is 14.8 Å². The van der Waals surface area contributed by atoms with Crippen LogP contribution < -0.4 is 14.8 Å². The molecule has 1 fully saturated rings. The van der Waals surface area contributed by atoms with E-state index in [-0.39, 0.29) is 45.7 Å². The van der Waals surface area contributed by atoms with E-state index in [1.807, 2.05) is 31.2 Å². The Balaban J connectivity index is 1.45. The van der Waals surface area contributed by atoms with Gasteiger partial charge in [0.2, 0.25) is 0 Å². The van der Waals surface area contributed by atoms with E-state index in [2.05, 4.69) is 27.9 Å². The molecule has 1 aliphatic rings. The Bertz CT molecular complexity index is 1450. The first-order chi connectivity index (χ1) is 18.1. The lowest BCUT2D eigenvalue weighted by Gasteiger charge is -2.14. The summed E-state index contributed by atoms with van der Waals surface area (Å²) in [5.74, 6) is -0.348. The first kappa shape index (κ1) is 28.3. The molecule has 0 aromatic heterocycles. The molecule has 0 aliphatic carbocycles. The predicted molar refractivity (Wildman–Crippen MR) is 159 cm³/mol. The molecule has 0 atom stereocenters. The van der Waals surface area contributed by atoms with E-state index in [4.69, 9.17) is 32.7 Å². The zero-order valence-electron chi connectivity index (χ0n) is 20.2. The van der Waals surface area contributed by atoms with Crippen LogP contribution in [-0.4, -0.2) is 35.7 Å². The van der Waals surface area contributed by atoms with Gasteiger partial charge in [-0.1, -0.05) is 41.4 Å². The number of rotatable bonds is 8. The highest BCUT2D eigenvalue weighted by Crippen LogP contribution is 2.39. The summed E-state index contributed by atoms with van der Waals surface area (Å²) in [7, 11) is 1.44. The number of hydrogen-bond acceptors (Lipinski definition) is 6. The molecule has 0 radical (unpaired) electrons. The molecule has 38 heavy (non-hydrogen) atoms. The maximum Gasteiger partial charge on any atom is 0.293 e. The van der Waals surface area contributed by atoms with Crippen molar-refractivity contribution in [3.8, 4) is 11.5 Å². The summed E-state index contributed by atoms with van der Waals surface area (Å²) in [6.45, 7) is 1.73. The van der Waals surface area contributed by atoms with Crippen molar-refractivity contribution in [3.05, 3.63) is 89.8 Å². The number of carbonyl (C=O) groups is 3. The minimum absolute atomic E-state index is 0.176. The van der Waals surface area contributed by atoms with Crippen LogP contribution in [0.4, 0.5) is 10.5 Å². The monoisotopic (exact) mass is 682 g/mol. The van der Waals surface area contributed by atoms with Gasteiger partial charge in [-0.15, -0.1) is 0 Å². The number of thioether (sulfide) groups is 1. The van der Waals surface area contributed by atoms with Gasteiger partial charge in [-0.3, -0.25) is 19.3 Å². The van der Waals surface area contributed by atoms with Gasteiger partial charge in [0, 0.05) is 14.3 Å². The standard InChI is InChI=1S/C27H21Cl2IN2O5S/c1-15-3-8-19(12-20(15)28)31-24(33)14-37-25-21(29)9-17(10-22(25)36-2)11-23-26(34)32(27(35)38-23)13-16-4-6-18(30)7-5-16/h3-12H,13-14H2,1-2H3,(H,31,33)/b23-11-. The third-order valence-electron chi connectivity index (χ3n) is 5.48. The van der Waals surface area contributed by atoms with E-state index in [9.17, 15) is 14.4 Å². The van der Waals surface area contributed by atoms with Crippen LogP contribution in [0, 0.1) is 10.5 Å². The number of methoxy groups -OCH3 is 1. The summed E-state index contributed by atoms with van der Waals surface area (Å²) < 4.78 is 12.1. The Morgan fingerprint density at radius 3 is 2.50 bits per heavy atom. The smallest absolute Gasteiger partial charge is 0.293 e. The highest BCUT2D eigenvalue weighted by Gasteiger charge is 2.35. The van der Waals surface area contributed by atoms with Gasteiger partial charge >= 0.3 is 0 Å². The summed E-state index contributed by atoms with van der Waals surface area (Å²) in [6.07, 6.45) is 1.57. The highest BCUT2D eigenvalue weighted by molar-refractivity contribution is 14.1. The molecule has 1 aliphatic heterocycles. The zero-order valence-corrected chi connectivity index (χ0v) is 24.7. The van der Waals surface area contributed by atoms with Gasteiger partial charge in [0.15, 0.2) is 18.1 Å². The van der Waals surface area contributed by atoms with E-state index in [1.54, 1.807) is 36.4 Å². The topological polar surface area (TPSA) is 84.9 Å². The van der Waals surface area contributed by atoms with Crippen LogP contribution in [0.15, 0.2) is 59.5 Å². The molecule has 3 aromatic carbocycles. The molecule has 1 heterocycles. The Morgan fingerprint density at radius 1 is 1.08 bits per heavy atom. The number of nitrogens with zero attached hydrogens (tertiary/aromatic N) is 1. The molecule has 196 valence electrons. The fraction of sp³-hybridized carbons (Fsp3) is 0.148. The molecule has 0 bridgehead atoms. The maximum atomic E-state index is 12.9. The number of imide groups is 1. The molecule has 3 aromatic rings. The SMILES string of the molecule is COc1cc(/C=C2\SC(=O)N(Cc3ccc(I)cc3)C2=O)cc(Cl)c1OCC(=O)Nc1ccc(C)c(Cl)c1. The molecule has 0 unspecified atom stereocenters. The lowest BCUT2D eigenvalue weighted by Crippen LogP contribution is -2.27. The Kier molecular flexibility index (Phi) is 9.24. The van der Waals surface area contributed by atoms with Crippen LogP contribution in [0.2, 0.25) is 10.0 Å². The Morgan fingerprint density at radius 2 is 1.82 bits per heavy atom. The quantitative estimate of drug-likeness (QED) is 0.200. The van der Waals surface area contributed by atoms with Crippen molar-refractivity contribution in [2.75, 3.05) is 19.0 Å². The van der Waals surface area contributed by atoms with Gasteiger partial charge in [-0.25, -0.2) is 0 Å². The van der Waals surface area contributed by atoms with Gasteiger partial charge in [-0.05, 0) is 100 Å². The minimum atomic E-state index is -0.408. The van der Waals surface area contributed by atoms with Crippen molar-refractivity contribution >= 4 is 86.4 Å². The van der Waals surface area contributed by atoms with Crippen molar-refractivity contribution in [2.45, 2.75) is 13.5 Å². The second kappa shape index (κ2) is 12.4. The van der Waals surface area contributed by atoms with Crippen LogP contribution in [0.5, 0.6) is 11.5 Å². The molecular weight excluding hydrogens is 662 g/mol. The molecule has 4 rings (SSSR count). The largest absolute Gasteiger partial charge is 0.493 e. The first-order valence-corrected chi connectivity index (χ1v) is 13.9. The summed E-state index contributed by atoms with van der Waals surface area (Å²) in [5, 5.41) is 3.08. The number of ether oxygens (including phenoxy) is 2. The number of carbonyl (C=O) groups excluding carboxylic acids is 3. The van der Waals surface area contributed by atoms with Gasteiger partial charge in [0.25, 0.3) is 17.1 Å². The van der Waals surface area contributed by atoms with Crippen molar-refractivity contribution in [1.82, 2.24) is 4.90 Å². The number of aryl methyl sites for hydroxylation is 1. The normalized spacial score (nSPS) is 14.2. The molecule has 1 saturated heterocycles. The average molecular weight is 683 g/mol. The van der Waals surface area contributed by atoms with Crippen LogP contribution in [0.25, 0.3) is 6.08 Å². The Labute approximate surface area is 247 Å². The first-order valence-electron chi connectivity index (χ1n) is 11.2. The molecule has 11 heteroatoms. The van der Waals surface area contributed by atoms with Gasteiger partial charge in [-0.2, -0.15) is 0 Å². The van der Waals surface area contributed by atoms with Gasteiger partial charge in [0.1, 0.15) is 0 Å². The van der Waals surface area contributed by atoms with Crippen LogP contribution in [-0.2, 0) is 16.1 Å². The summed E-state index contributed by atoms with van der Waals surface area (Å²) in [4.78, 5) is 39.3. The molecule has 3 amide bonds. The summed E-state index contributed by atoms with van der Waals surface area (Å²) >= 11 is 15.6. The third-order valence-corrected chi connectivity index (χ3v) is 7.79. The second-order valence-corrected chi connectivity index (χ2v) is 11.3. The fourth-order valence-corrected chi connectivity index (χ4v) is 5.18. The highest BCUT2D eigenvalue weighted by atomic mass is 127. The third kappa shape index (κ3) is 6.82. The lowest BCUT2D eigenvalue weighted by atomic mass is 10.1. The molecular formula is C27H21Cl2IN2O5S. The van der Waals surface area contributed by atoms with Crippen LogP contribution >= 0.6 is 57.6 Å². The fourth-order valence-electron chi connectivity index (χ4n) is 3.53. The molecule has 0 saturated carbocycles. The van der Waals surface area contributed by atoms with E-state index in [0.717, 1.165) is 26.5 Å². The molecule has 1 N–H and O–H groups in total. The van der Waals surface area contributed by atoms with Crippen molar-refractivity contribution in [1.29, 1.82) is 0 Å². The zero-order chi connectivity index (χ0) is 27.4. The summed E-state index contributed by atoms with van der Waals surface area (Å²) in [5.41, 5.74) is 2.83. The molecule has 7 nitrogen and oxygen atoms in total. The van der Waals surface area contributed by atoms with Crippen molar-refractivity contribution in [3.63, 3.8) is 0 Å². The lowest BCUT2D eigenvalue weighted by molar-refractivity contribution is -0.123. The predicted octanol–water partition coefficient (Wildman–Crippen LogP) is 7.17. The Hall–Kier alpha value is -2.73.